The second kappa shape index (κ2) is 8.84. The van der Waals surface area contributed by atoms with Crippen molar-refractivity contribution in [3.8, 4) is 5.69 Å². The molecule has 1 atom stereocenters. The molecular formula is C23H26F2N6O. The number of benzene rings is 2. The molecule has 1 N–H and O–H groups in total. The quantitative estimate of drug-likeness (QED) is 0.655. The van der Waals surface area contributed by atoms with Gasteiger partial charge in [-0.25, -0.2) is 13.5 Å². The van der Waals surface area contributed by atoms with Gasteiger partial charge in [0.25, 0.3) is 0 Å². The van der Waals surface area contributed by atoms with Crippen LogP contribution >= 0.6 is 0 Å². The standard InChI is InChI=1S/C23H26F2N6O/c1-16-8-19(27-23-26-15-31(28-23)22-11-17(24)10-18(25)12-22)13-21(9-16)30-5-3-29(4-6-30)20-2-7-32-14-20/h8-13,15,20H,2-7,14H2,1H3,(H,27,28)/t20-/m0/s1. The summed E-state index contributed by atoms with van der Waals surface area (Å²) in [6.07, 6.45) is 2.56. The molecule has 0 aliphatic carbocycles. The fourth-order valence-corrected chi connectivity index (χ4v) is 4.42. The average molecular weight is 440 g/mol. The fraction of sp³-hybridized carbons (Fsp3) is 0.391. The third-order valence-corrected chi connectivity index (χ3v) is 6.02. The van der Waals surface area contributed by atoms with E-state index in [-0.39, 0.29) is 5.69 Å². The molecule has 7 nitrogen and oxygen atoms in total. The summed E-state index contributed by atoms with van der Waals surface area (Å²) < 4.78 is 33.9. The molecule has 2 saturated heterocycles. The largest absolute Gasteiger partial charge is 0.380 e. The third-order valence-electron chi connectivity index (χ3n) is 6.02. The molecule has 3 heterocycles. The van der Waals surface area contributed by atoms with Crippen LogP contribution in [0.4, 0.5) is 26.1 Å². The molecule has 2 aromatic carbocycles. The topological polar surface area (TPSA) is 58.5 Å². The Balaban J connectivity index is 1.28. The van der Waals surface area contributed by atoms with Crippen LogP contribution in [0.3, 0.4) is 0 Å². The zero-order valence-electron chi connectivity index (χ0n) is 18.0. The van der Waals surface area contributed by atoms with Gasteiger partial charge >= 0.3 is 0 Å². The van der Waals surface area contributed by atoms with Crippen LogP contribution < -0.4 is 10.2 Å². The van der Waals surface area contributed by atoms with Crippen molar-refractivity contribution in [3.05, 3.63) is 59.9 Å². The molecule has 0 saturated carbocycles. The normalized spacial score (nSPS) is 19.5. The Morgan fingerprint density at radius 1 is 0.969 bits per heavy atom. The van der Waals surface area contributed by atoms with Crippen LogP contribution in [0.2, 0.25) is 0 Å². The molecule has 0 amide bonds. The van der Waals surface area contributed by atoms with Gasteiger partial charge in [0.15, 0.2) is 0 Å². The van der Waals surface area contributed by atoms with Crippen LogP contribution in [-0.2, 0) is 4.74 Å². The molecular weight excluding hydrogens is 414 g/mol. The molecule has 3 aromatic rings. The Hall–Kier alpha value is -3.04. The van der Waals surface area contributed by atoms with E-state index in [1.165, 1.54) is 23.1 Å². The lowest BCUT2D eigenvalue weighted by molar-refractivity contribution is 0.139. The van der Waals surface area contributed by atoms with E-state index in [1.807, 2.05) is 6.07 Å². The van der Waals surface area contributed by atoms with Crippen molar-refractivity contribution >= 4 is 17.3 Å². The van der Waals surface area contributed by atoms with E-state index in [2.05, 4.69) is 44.3 Å². The summed E-state index contributed by atoms with van der Waals surface area (Å²) in [6.45, 7) is 7.77. The molecule has 9 heteroatoms. The second-order valence-electron chi connectivity index (χ2n) is 8.36. The number of nitrogens with zero attached hydrogens (tertiary/aromatic N) is 5. The number of hydrogen-bond donors (Lipinski definition) is 1. The first-order chi connectivity index (χ1) is 15.5. The highest BCUT2D eigenvalue weighted by atomic mass is 19.1. The summed E-state index contributed by atoms with van der Waals surface area (Å²) >= 11 is 0. The maximum absolute atomic E-state index is 13.5. The molecule has 2 fully saturated rings. The molecule has 2 aliphatic heterocycles. The number of piperazine rings is 1. The minimum Gasteiger partial charge on any atom is -0.380 e. The Kier molecular flexibility index (Phi) is 5.75. The molecule has 32 heavy (non-hydrogen) atoms. The van der Waals surface area contributed by atoms with Crippen molar-refractivity contribution < 1.29 is 13.5 Å². The summed E-state index contributed by atoms with van der Waals surface area (Å²) in [5, 5.41) is 7.53. The number of halogens is 2. The minimum absolute atomic E-state index is 0.276. The molecule has 5 rings (SSSR count). The lowest BCUT2D eigenvalue weighted by Gasteiger charge is -2.38. The van der Waals surface area contributed by atoms with Gasteiger partial charge in [-0.15, -0.1) is 5.10 Å². The maximum atomic E-state index is 13.5. The average Bonchev–Trinajstić information content (AvgIpc) is 3.45. The number of ether oxygens (including phenoxy) is 1. The van der Waals surface area contributed by atoms with Crippen molar-refractivity contribution in [1.29, 1.82) is 0 Å². The number of hydrogen-bond acceptors (Lipinski definition) is 6. The van der Waals surface area contributed by atoms with Crippen molar-refractivity contribution in [1.82, 2.24) is 19.7 Å². The van der Waals surface area contributed by atoms with Gasteiger partial charge in [-0.05, 0) is 49.2 Å². The molecule has 0 radical (unpaired) electrons. The monoisotopic (exact) mass is 440 g/mol. The predicted molar refractivity (Wildman–Crippen MR) is 119 cm³/mol. The number of aryl methyl sites for hydroxylation is 1. The Morgan fingerprint density at radius 2 is 1.75 bits per heavy atom. The summed E-state index contributed by atoms with van der Waals surface area (Å²) in [6, 6.07) is 10.1. The van der Waals surface area contributed by atoms with Crippen LogP contribution in [-0.4, -0.2) is 65.1 Å². The van der Waals surface area contributed by atoms with Crippen LogP contribution in [0.5, 0.6) is 0 Å². The van der Waals surface area contributed by atoms with E-state index in [1.54, 1.807) is 0 Å². The minimum atomic E-state index is -0.658. The van der Waals surface area contributed by atoms with Crippen molar-refractivity contribution in [3.63, 3.8) is 0 Å². The van der Waals surface area contributed by atoms with Crippen molar-refractivity contribution in [2.45, 2.75) is 19.4 Å². The summed E-state index contributed by atoms with van der Waals surface area (Å²) in [7, 11) is 0. The SMILES string of the molecule is Cc1cc(Nc2ncn(-c3cc(F)cc(F)c3)n2)cc(N2CCN([C@H]3CCOC3)CC2)c1. The van der Waals surface area contributed by atoms with Gasteiger partial charge in [0.05, 0.1) is 12.3 Å². The van der Waals surface area contributed by atoms with Gasteiger partial charge in [0, 0.05) is 56.3 Å². The Bertz CT molecular complexity index is 1070. The lowest BCUT2D eigenvalue weighted by Crippen LogP contribution is -2.50. The first-order valence-electron chi connectivity index (χ1n) is 10.9. The first-order valence-corrected chi connectivity index (χ1v) is 10.9. The third kappa shape index (κ3) is 4.58. The summed E-state index contributed by atoms with van der Waals surface area (Å²) in [5.41, 5.74) is 3.43. The van der Waals surface area contributed by atoms with Gasteiger partial charge in [0.2, 0.25) is 5.95 Å². The zero-order valence-corrected chi connectivity index (χ0v) is 18.0. The molecule has 0 spiro atoms. The molecule has 2 aliphatic rings. The zero-order chi connectivity index (χ0) is 22.1. The molecule has 0 unspecified atom stereocenters. The first kappa shape index (κ1) is 20.8. The smallest absolute Gasteiger partial charge is 0.246 e. The van der Waals surface area contributed by atoms with Gasteiger partial charge in [-0.3, -0.25) is 4.90 Å². The second-order valence-corrected chi connectivity index (χ2v) is 8.36. The Labute approximate surface area is 185 Å². The van der Waals surface area contributed by atoms with Crippen molar-refractivity contribution in [2.75, 3.05) is 49.6 Å². The summed E-state index contributed by atoms with van der Waals surface area (Å²) in [4.78, 5) is 9.16. The van der Waals surface area contributed by atoms with Crippen LogP contribution in [0, 0.1) is 18.6 Å². The number of rotatable bonds is 5. The predicted octanol–water partition coefficient (Wildman–Crippen LogP) is 3.51. The highest BCUT2D eigenvalue weighted by Crippen LogP contribution is 2.26. The molecule has 168 valence electrons. The van der Waals surface area contributed by atoms with E-state index >= 15 is 0 Å². The number of aromatic nitrogens is 3. The van der Waals surface area contributed by atoms with E-state index < -0.39 is 11.6 Å². The van der Waals surface area contributed by atoms with Gasteiger partial charge in [-0.2, -0.15) is 4.98 Å². The van der Waals surface area contributed by atoms with Crippen LogP contribution in [0.25, 0.3) is 5.69 Å². The van der Waals surface area contributed by atoms with Crippen molar-refractivity contribution in [2.24, 2.45) is 0 Å². The Morgan fingerprint density at radius 3 is 2.47 bits per heavy atom. The highest BCUT2D eigenvalue weighted by Gasteiger charge is 2.27. The van der Waals surface area contributed by atoms with Crippen LogP contribution in [0.1, 0.15) is 12.0 Å². The van der Waals surface area contributed by atoms with E-state index in [0.717, 1.165) is 68.8 Å². The van der Waals surface area contributed by atoms with Gasteiger partial charge < -0.3 is 15.0 Å². The summed E-state index contributed by atoms with van der Waals surface area (Å²) in [5.74, 6) is -0.958. The van der Waals surface area contributed by atoms with Gasteiger partial charge in [0.1, 0.15) is 18.0 Å². The molecule has 0 bridgehead atoms. The number of nitrogens with one attached hydrogen (secondary N) is 1. The van der Waals surface area contributed by atoms with Crippen LogP contribution in [0.15, 0.2) is 42.7 Å². The lowest BCUT2D eigenvalue weighted by atomic mass is 10.1. The highest BCUT2D eigenvalue weighted by molar-refractivity contribution is 5.64. The van der Waals surface area contributed by atoms with Gasteiger partial charge in [-0.1, -0.05) is 0 Å². The fourth-order valence-electron chi connectivity index (χ4n) is 4.42. The van der Waals surface area contributed by atoms with E-state index in [0.29, 0.717) is 12.0 Å². The number of anilines is 3. The molecule has 1 aromatic heterocycles. The van der Waals surface area contributed by atoms with E-state index in [4.69, 9.17) is 4.74 Å². The maximum Gasteiger partial charge on any atom is 0.246 e. The van der Waals surface area contributed by atoms with E-state index in [9.17, 15) is 8.78 Å².